The molecule has 3 heterocycles. The molecule has 0 aliphatic rings. The number of aromatic nitrogens is 3. The van der Waals surface area contributed by atoms with Crippen LogP contribution >= 0.6 is 0 Å². The molecule has 0 amide bonds. The second-order valence-corrected chi connectivity index (χ2v) is 6.10. The van der Waals surface area contributed by atoms with Crippen LogP contribution < -0.4 is 11.5 Å². The van der Waals surface area contributed by atoms with Gasteiger partial charge in [0, 0.05) is 0 Å². The molecule has 4 N–H and O–H groups in total. The Labute approximate surface area is 104 Å². The Kier molecular flexibility index (Phi) is 2.11. The molecule has 3 aromatic rings. The zero-order valence-corrected chi connectivity index (χ0v) is 11.2. The van der Waals surface area contributed by atoms with E-state index in [-0.39, 0.29) is 20.5 Å². The normalized spacial score (nSPS) is 11.4. The van der Waals surface area contributed by atoms with Crippen LogP contribution in [0.2, 0.25) is 0 Å². The first-order valence-electron chi connectivity index (χ1n) is 5.15. The van der Waals surface area contributed by atoms with Crippen molar-refractivity contribution in [2.45, 2.75) is 13.8 Å². The maximum atomic E-state index is 5.90. The number of nitrogen functional groups attached to an aromatic ring is 2. The molecule has 6 heteroatoms. The first-order valence-corrected chi connectivity index (χ1v) is 6.87. The molecule has 0 aromatic carbocycles. The summed E-state index contributed by atoms with van der Waals surface area (Å²) in [4.78, 5) is 12.9. The van der Waals surface area contributed by atoms with Crippen molar-refractivity contribution in [2.24, 2.45) is 0 Å². The van der Waals surface area contributed by atoms with Gasteiger partial charge in [-0.25, -0.2) is 0 Å². The monoisotopic (exact) mass is 293 g/mol. The number of hydrogen-bond donors (Lipinski definition) is 2. The van der Waals surface area contributed by atoms with Crippen LogP contribution in [0.3, 0.4) is 0 Å². The molecule has 0 radical (unpaired) electrons. The first kappa shape index (κ1) is 10.5. The van der Waals surface area contributed by atoms with Crippen molar-refractivity contribution in [3.8, 4) is 0 Å². The number of rotatable bonds is 0. The minimum absolute atomic E-state index is 0.0826. The Morgan fingerprint density at radius 2 is 1.88 bits per heavy atom. The standard InChI is InChI=1S/C11H11N5Se/c1-4-3-5(2)14-10-6(4)7-8(17-10)9(12)16-11(13)15-7/h3H,1-2H3,(H4,12,13,15,16). The van der Waals surface area contributed by atoms with E-state index in [1.54, 1.807) is 0 Å². The van der Waals surface area contributed by atoms with Crippen molar-refractivity contribution in [1.29, 1.82) is 0 Å². The first-order chi connectivity index (χ1) is 8.06. The fourth-order valence-electron chi connectivity index (χ4n) is 2.02. The number of nitrogens with zero attached hydrogens (tertiary/aromatic N) is 3. The number of anilines is 2. The van der Waals surface area contributed by atoms with E-state index in [4.69, 9.17) is 11.5 Å². The maximum absolute atomic E-state index is 5.90. The SMILES string of the molecule is Cc1cc(C)c2c(n1)[se]c1c(N)nc(N)nc12. The van der Waals surface area contributed by atoms with Crippen LogP contribution in [0.4, 0.5) is 11.8 Å². The molecule has 0 saturated carbocycles. The van der Waals surface area contributed by atoms with Gasteiger partial charge < -0.3 is 0 Å². The predicted molar refractivity (Wildman–Crippen MR) is 70.1 cm³/mol. The molecule has 3 rings (SSSR count). The summed E-state index contributed by atoms with van der Waals surface area (Å²) < 4.78 is 2.08. The van der Waals surface area contributed by atoms with Gasteiger partial charge in [0.25, 0.3) is 0 Å². The third-order valence-corrected chi connectivity index (χ3v) is 4.95. The summed E-state index contributed by atoms with van der Waals surface area (Å²) in [7, 11) is 0. The van der Waals surface area contributed by atoms with E-state index in [2.05, 4.69) is 27.9 Å². The van der Waals surface area contributed by atoms with E-state index in [9.17, 15) is 0 Å². The molecular weight excluding hydrogens is 281 g/mol. The van der Waals surface area contributed by atoms with Crippen molar-refractivity contribution >= 4 is 45.8 Å². The van der Waals surface area contributed by atoms with Gasteiger partial charge in [-0.2, -0.15) is 0 Å². The van der Waals surface area contributed by atoms with Crippen LogP contribution in [0.25, 0.3) is 19.6 Å². The van der Waals surface area contributed by atoms with Crippen molar-refractivity contribution < 1.29 is 0 Å². The average molecular weight is 292 g/mol. The second kappa shape index (κ2) is 3.42. The van der Waals surface area contributed by atoms with E-state index < -0.39 is 0 Å². The van der Waals surface area contributed by atoms with Gasteiger partial charge in [-0.15, -0.1) is 0 Å². The fourth-order valence-corrected chi connectivity index (χ4v) is 4.40. The number of fused-ring (bicyclic) bond motifs is 3. The summed E-state index contributed by atoms with van der Waals surface area (Å²) >= 11 is 0.0826. The number of hydrogen-bond acceptors (Lipinski definition) is 5. The van der Waals surface area contributed by atoms with E-state index in [1.165, 1.54) is 5.56 Å². The van der Waals surface area contributed by atoms with E-state index in [0.717, 1.165) is 25.2 Å². The molecule has 0 spiro atoms. The zero-order valence-electron chi connectivity index (χ0n) is 9.48. The van der Waals surface area contributed by atoms with Crippen molar-refractivity contribution in [3.05, 3.63) is 17.3 Å². The second-order valence-electron chi connectivity index (χ2n) is 4.01. The van der Waals surface area contributed by atoms with Crippen molar-refractivity contribution in [1.82, 2.24) is 15.0 Å². The molecule has 17 heavy (non-hydrogen) atoms. The average Bonchev–Trinajstić information content (AvgIpc) is 2.56. The molecule has 0 atom stereocenters. The van der Waals surface area contributed by atoms with Gasteiger partial charge in [0.15, 0.2) is 0 Å². The minimum atomic E-state index is 0.0826. The molecule has 0 fully saturated rings. The van der Waals surface area contributed by atoms with Gasteiger partial charge in [-0.05, 0) is 0 Å². The topological polar surface area (TPSA) is 90.7 Å². The molecule has 86 valence electrons. The van der Waals surface area contributed by atoms with Crippen molar-refractivity contribution in [3.63, 3.8) is 0 Å². The van der Waals surface area contributed by atoms with Crippen molar-refractivity contribution in [2.75, 3.05) is 11.5 Å². The molecule has 0 unspecified atom stereocenters. The molecule has 0 bridgehead atoms. The number of pyridine rings is 1. The molecule has 0 saturated heterocycles. The molecule has 0 aliphatic heterocycles. The predicted octanol–water partition coefficient (Wildman–Crippen LogP) is 1.02. The summed E-state index contributed by atoms with van der Waals surface area (Å²) in [6.07, 6.45) is 0. The van der Waals surface area contributed by atoms with E-state index in [0.29, 0.717) is 5.82 Å². The summed E-state index contributed by atoms with van der Waals surface area (Å²) in [5.41, 5.74) is 14.6. The quantitative estimate of drug-likeness (QED) is 0.604. The fraction of sp³-hybridized carbons (Fsp3) is 0.182. The van der Waals surface area contributed by atoms with Crippen LogP contribution in [0.5, 0.6) is 0 Å². The van der Waals surface area contributed by atoms with Gasteiger partial charge in [0.05, 0.1) is 0 Å². The van der Waals surface area contributed by atoms with Gasteiger partial charge >= 0.3 is 103 Å². The third kappa shape index (κ3) is 1.49. The number of aryl methyl sites for hydroxylation is 2. The van der Waals surface area contributed by atoms with Crippen LogP contribution in [0, 0.1) is 13.8 Å². The zero-order chi connectivity index (χ0) is 12.2. The van der Waals surface area contributed by atoms with Crippen LogP contribution in [0.15, 0.2) is 6.07 Å². The van der Waals surface area contributed by atoms with Gasteiger partial charge in [0.1, 0.15) is 0 Å². The third-order valence-electron chi connectivity index (χ3n) is 2.66. The molecule has 3 aromatic heterocycles. The van der Waals surface area contributed by atoms with E-state index >= 15 is 0 Å². The Balaban J connectivity index is 2.60. The summed E-state index contributed by atoms with van der Waals surface area (Å²) in [6.45, 7) is 4.06. The molecule has 5 nitrogen and oxygen atoms in total. The van der Waals surface area contributed by atoms with Crippen LogP contribution in [-0.2, 0) is 0 Å². The molecule has 0 aliphatic carbocycles. The van der Waals surface area contributed by atoms with Gasteiger partial charge in [-0.1, -0.05) is 0 Å². The Hall–Kier alpha value is -1.65. The van der Waals surface area contributed by atoms with Crippen LogP contribution in [0.1, 0.15) is 11.3 Å². The van der Waals surface area contributed by atoms with E-state index in [1.807, 2.05) is 6.92 Å². The molecular formula is C11H11N5Se. The van der Waals surface area contributed by atoms with Gasteiger partial charge in [-0.3, -0.25) is 0 Å². The summed E-state index contributed by atoms with van der Waals surface area (Å²) in [5.74, 6) is 0.715. The number of nitrogens with two attached hydrogens (primary N) is 2. The Morgan fingerprint density at radius 3 is 2.65 bits per heavy atom. The van der Waals surface area contributed by atoms with Crippen LogP contribution in [-0.4, -0.2) is 29.5 Å². The Morgan fingerprint density at radius 1 is 1.12 bits per heavy atom. The van der Waals surface area contributed by atoms with Gasteiger partial charge in [0.2, 0.25) is 0 Å². The Bertz CT molecular complexity index is 747. The summed E-state index contributed by atoms with van der Waals surface area (Å²) in [5, 5.41) is 1.09. The summed E-state index contributed by atoms with van der Waals surface area (Å²) in [6, 6.07) is 2.05.